The summed E-state index contributed by atoms with van der Waals surface area (Å²) in [6.45, 7) is 1.56. The van der Waals surface area contributed by atoms with Gasteiger partial charge in [-0.25, -0.2) is 13.9 Å². The molecule has 0 aromatic heterocycles. The maximum Gasteiger partial charge on any atom is 0.274 e. The molecule has 0 saturated carbocycles. The first-order valence-electron chi connectivity index (χ1n) is 8.77. The van der Waals surface area contributed by atoms with Gasteiger partial charge in [-0.3, -0.25) is 9.63 Å². The number of rotatable bonds is 8. The van der Waals surface area contributed by atoms with E-state index in [0.29, 0.717) is 18.7 Å². The Morgan fingerprint density at radius 3 is 2.30 bits per heavy atom. The minimum absolute atomic E-state index is 0.183. The van der Waals surface area contributed by atoms with Crippen LogP contribution in [0.2, 0.25) is 0 Å². The number of nitrogens with one attached hydrogen (secondary N) is 1. The van der Waals surface area contributed by atoms with Gasteiger partial charge in [-0.15, -0.1) is 0 Å². The second-order valence-corrected chi connectivity index (χ2v) is 8.01. The first-order chi connectivity index (χ1) is 13.1. The normalized spacial score (nSPS) is 14.8. The average Bonchev–Trinajstić information content (AvgIpc) is 3.24. The number of nitrogens with zero attached hydrogens (tertiary/aromatic N) is 1. The summed E-state index contributed by atoms with van der Waals surface area (Å²) < 4.78 is 31.8. The highest BCUT2D eigenvalue weighted by atomic mass is 32.2. The topological polar surface area (TPSA) is 84.9 Å². The predicted octanol–water partition coefficient (Wildman–Crippen LogP) is 2.21. The zero-order chi connectivity index (χ0) is 19.1. The number of carbonyl (C=O) groups is 1. The number of para-hydroxylation sites is 1. The van der Waals surface area contributed by atoms with Crippen molar-refractivity contribution in [1.29, 1.82) is 0 Å². The van der Waals surface area contributed by atoms with Gasteiger partial charge < -0.3 is 4.74 Å². The molecule has 2 aromatic rings. The van der Waals surface area contributed by atoms with E-state index < -0.39 is 15.9 Å². The lowest BCUT2D eigenvalue weighted by atomic mass is 10.2. The molecule has 2 aromatic carbocycles. The van der Waals surface area contributed by atoms with Crippen molar-refractivity contribution in [3.05, 3.63) is 60.2 Å². The fraction of sp³-hybridized carbons (Fsp3) is 0.316. The van der Waals surface area contributed by atoms with Gasteiger partial charge in [-0.1, -0.05) is 18.2 Å². The van der Waals surface area contributed by atoms with Crippen LogP contribution in [0.25, 0.3) is 0 Å². The van der Waals surface area contributed by atoms with E-state index in [0.717, 1.165) is 18.6 Å². The Morgan fingerprint density at radius 1 is 0.963 bits per heavy atom. The Balaban J connectivity index is 1.46. The fourth-order valence-corrected chi connectivity index (χ4v) is 4.27. The van der Waals surface area contributed by atoms with Crippen LogP contribution >= 0.6 is 0 Å². The maximum atomic E-state index is 12.5. The third-order valence-corrected chi connectivity index (χ3v) is 6.09. The van der Waals surface area contributed by atoms with Crippen LogP contribution in [-0.2, 0) is 14.9 Å². The van der Waals surface area contributed by atoms with Gasteiger partial charge in [0.15, 0.2) is 0 Å². The molecule has 3 rings (SSSR count). The number of hydrogen-bond donors (Lipinski definition) is 1. The predicted molar refractivity (Wildman–Crippen MR) is 99.8 cm³/mol. The Morgan fingerprint density at radius 2 is 1.63 bits per heavy atom. The molecule has 0 atom stereocenters. The van der Waals surface area contributed by atoms with Crippen LogP contribution in [0.5, 0.6) is 5.75 Å². The molecule has 1 N–H and O–H groups in total. The first-order valence-corrected chi connectivity index (χ1v) is 10.2. The number of hydroxylamine groups is 1. The molecule has 1 saturated heterocycles. The van der Waals surface area contributed by atoms with Gasteiger partial charge in [0.05, 0.1) is 4.90 Å². The molecule has 0 aliphatic carbocycles. The van der Waals surface area contributed by atoms with Gasteiger partial charge in [0.1, 0.15) is 19.0 Å². The maximum absolute atomic E-state index is 12.5. The van der Waals surface area contributed by atoms with Gasteiger partial charge >= 0.3 is 0 Å². The third kappa shape index (κ3) is 5.06. The van der Waals surface area contributed by atoms with Crippen LogP contribution in [-0.4, -0.2) is 44.9 Å². The van der Waals surface area contributed by atoms with Crippen molar-refractivity contribution in [2.75, 3.05) is 26.3 Å². The number of ether oxygens (including phenoxy) is 1. The Labute approximate surface area is 158 Å². The van der Waals surface area contributed by atoms with Crippen LogP contribution < -0.4 is 10.2 Å². The van der Waals surface area contributed by atoms with Crippen molar-refractivity contribution in [3.63, 3.8) is 0 Å². The minimum Gasteiger partial charge on any atom is -0.491 e. The second kappa shape index (κ2) is 8.98. The van der Waals surface area contributed by atoms with Crippen molar-refractivity contribution in [1.82, 2.24) is 9.79 Å². The zero-order valence-corrected chi connectivity index (χ0v) is 15.7. The van der Waals surface area contributed by atoms with Crippen LogP contribution in [0.1, 0.15) is 23.2 Å². The average molecular weight is 390 g/mol. The van der Waals surface area contributed by atoms with E-state index in [4.69, 9.17) is 9.57 Å². The first kappa shape index (κ1) is 19.3. The lowest BCUT2D eigenvalue weighted by Gasteiger charge is -2.15. The van der Waals surface area contributed by atoms with Gasteiger partial charge in [0.2, 0.25) is 10.0 Å². The van der Waals surface area contributed by atoms with E-state index in [1.807, 2.05) is 30.3 Å². The van der Waals surface area contributed by atoms with Crippen LogP contribution in [0.15, 0.2) is 59.5 Å². The zero-order valence-electron chi connectivity index (χ0n) is 14.8. The number of amides is 1. The molecule has 1 fully saturated rings. The summed E-state index contributed by atoms with van der Waals surface area (Å²) in [5.74, 6) is 0.280. The third-order valence-electron chi connectivity index (χ3n) is 4.18. The lowest BCUT2D eigenvalue weighted by molar-refractivity contribution is 0.0200. The van der Waals surface area contributed by atoms with Crippen LogP contribution in [0, 0.1) is 0 Å². The summed E-state index contributed by atoms with van der Waals surface area (Å²) in [7, 11) is -3.48. The Kier molecular flexibility index (Phi) is 6.44. The highest BCUT2D eigenvalue weighted by Crippen LogP contribution is 2.21. The molecule has 1 heterocycles. The van der Waals surface area contributed by atoms with Crippen molar-refractivity contribution < 1.29 is 22.8 Å². The quantitative estimate of drug-likeness (QED) is 0.552. The standard InChI is InChI=1S/C19H22N2O5S/c22-19(20-26-15-14-25-17-6-2-1-3-7-17)16-8-10-18(11-9-16)27(23,24)21-12-4-5-13-21/h1-3,6-11H,4-5,12-15H2,(H,20,22). The number of carbonyl (C=O) groups excluding carboxylic acids is 1. The molecule has 1 aliphatic heterocycles. The Bertz CT molecular complexity index is 847. The molecule has 8 heteroatoms. The summed E-state index contributed by atoms with van der Waals surface area (Å²) >= 11 is 0. The van der Waals surface area contributed by atoms with Gasteiger partial charge in [-0.2, -0.15) is 4.31 Å². The van der Waals surface area contributed by atoms with E-state index in [9.17, 15) is 13.2 Å². The molecule has 1 aliphatic rings. The molecule has 144 valence electrons. The molecule has 1 amide bonds. The summed E-state index contributed by atoms with van der Waals surface area (Å²) in [6.07, 6.45) is 1.76. The van der Waals surface area contributed by atoms with E-state index in [1.165, 1.54) is 28.6 Å². The van der Waals surface area contributed by atoms with Crippen molar-refractivity contribution in [2.24, 2.45) is 0 Å². The number of sulfonamides is 1. The SMILES string of the molecule is O=C(NOCCOc1ccccc1)c1ccc(S(=O)(=O)N2CCCC2)cc1. The Hall–Kier alpha value is -2.42. The molecular formula is C19H22N2O5S. The summed E-state index contributed by atoms with van der Waals surface area (Å²) in [5.41, 5.74) is 2.64. The van der Waals surface area contributed by atoms with Gasteiger partial charge in [0, 0.05) is 18.7 Å². The lowest BCUT2D eigenvalue weighted by Crippen LogP contribution is -2.28. The van der Waals surface area contributed by atoms with E-state index in [1.54, 1.807) is 0 Å². The second-order valence-electron chi connectivity index (χ2n) is 6.08. The highest BCUT2D eigenvalue weighted by molar-refractivity contribution is 7.89. The highest BCUT2D eigenvalue weighted by Gasteiger charge is 2.27. The van der Waals surface area contributed by atoms with Crippen LogP contribution in [0.4, 0.5) is 0 Å². The van der Waals surface area contributed by atoms with Gasteiger partial charge in [-0.05, 0) is 49.2 Å². The van der Waals surface area contributed by atoms with E-state index in [-0.39, 0.29) is 18.1 Å². The molecule has 27 heavy (non-hydrogen) atoms. The summed E-state index contributed by atoms with van der Waals surface area (Å²) in [4.78, 5) is 17.4. The minimum atomic E-state index is -3.48. The van der Waals surface area contributed by atoms with Crippen molar-refractivity contribution in [2.45, 2.75) is 17.7 Å². The van der Waals surface area contributed by atoms with Gasteiger partial charge in [0.25, 0.3) is 5.91 Å². The number of hydrogen-bond acceptors (Lipinski definition) is 5. The molecule has 0 bridgehead atoms. The van der Waals surface area contributed by atoms with E-state index in [2.05, 4.69) is 5.48 Å². The molecule has 7 nitrogen and oxygen atoms in total. The monoisotopic (exact) mass is 390 g/mol. The van der Waals surface area contributed by atoms with Crippen molar-refractivity contribution in [3.8, 4) is 5.75 Å². The molecule has 0 unspecified atom stereocenters. The largest absolute Gasteiger partial charge is 0.491 e. The summed E-state index contributed by atoms with van der Waals surface area (Å²) in [5, 5.41) is 0. The van der Waals surface area contributed by atoms with E-state index >= 15 is 0 Å². The number of benzene rings is 2. The molecule has 0 spiro atoms. The summed E-state index contributed by atoms with van der Waals surface area (Å²) in [6, 6.07) is 15.1. The fourth-order valence-electron chi connectivity index (χ4n) is 2.75. The smallest absolute Gasteiger partial charge is 0.274 e. The van der Waals surface area contributed by atoms with Crippen LogP contribution in [0.3, 0.4) is 0 Å². The molecular weight excluding hydrogens is 368 g/mol. The van der Waals surface area contributed by atoms with Crippen molar-refractivity contribution >= 4 is 15.9 Å². The molecule has 0 radical (unpaired) electrons.